The molecule has 0 aliphatic rings. The van der Waals surface area contributed by atoms with Crippen LogP contribution in [0.15, 0.2) is 42.6 Å². The molecule has 0 spiro atoms. The number of halogens is 2. The highest BCUT2D eigenvalue weighted by Gasteiger charge is 2.17. The normalized spacial score (nSPS) is 10.7. The van der Waals surface area contributed by atoms with Crippen LogP contribution >= 0.6 is 0 Å². The van der Waals surface area contributed by atoms with Crippen molar-refractivity contribution in [3.63, 3.8) is 0 Å². The van der Waals surface area contributed by atoms with Crippen molar-refractivity contribution in [2.24, 2.45) is 0 Å². The summed E-state index contributed by atoms with van der Waals surface area (Å²) in [4.78, 5) is 24.9. The molecular formula is C19H19F2N7O. The summed E-state index contributed by atoms with van der Waals surface area (Å²) in [7, 11) is 0. The Labute approximate surface area is 165 Å². The second-order valence-electron chi connectivity index (χ2n) is 6.41. The Hall–Kier alpha value is -3.82. The van der Waals surface area contributed by atoms with Gasteiger partial charge in [-0.3, -0.25) is 4.79 Å². The Balaban J connectivity index is 1.96. The van der Waals surface area contributed by atoms with Gasteiger partial charge in [0.25, 0.3) is 5.91 Å². The Bertz CT molecular complexity index is 1040. The predicted molar refractivity (Wildman–Crippen MR) is 106 cm³/mol. The van der Waals surface area contributed by atoms with E-state index in [0.717, 1.165) is 12.1 Å². The summed E-state index contributed by atoms with van der Waals surface area (Å²) in [6.07, 6.45) is 1.29. The number of nitrogen functional groups attached to an aromatic ring is 1. The summed E-state index contributed by atoms with van der Waals surface area (Å²) in [6.45, 7) is 3.64. The van der Waals surface area contributed by atoms with Crippen molar-refractivity contribution in [2.75, 3.05) is 16.4 Å². The van der Waals surface area contributed by atoms with Gasteiger partial charge in [-0.1, -0.05) is 6.07 Å². The zero-order chi connectivity index (χ0) is 21.0. The highest BCUT2D eigenvalue weighted by Crippen LogP contribution is 2.23. The van der Waals surface area contributed by atoms with Gasteiger partial charge in [0, 0.05) is 18.3 Å². The third-order valence-electron chi connectivity index (χ3n) is 3.65. The van der Waals surface area contributed by atoms with E-state index >= 15 is 0 Å². The maximum atomic E-state index is 13.9. The number of nitrogens with one attached hydrogen (secondary N) is 3. The number of hydrogen-bond donors (Lipinski definition) is 4. The van der Waals surface area contributed by atoms with Crippen molar-refractivity contribution in [3.05, 3.63) is 59.8 Å². The molecule has 3 rings (SSSR count). The number of nitrogens with zero attached hydrogens (tertiary/aromatic N) is 3. The Kier molecular flexibility index (Phi) is 5.82. The molecule has 2 aromatic heterocycles. The lowest BCUT2D eigenvalue weighted by atomic mass is 10.2. The molecule has 0 radical (unpaired) electrons. The summed E-state index contributed by atoms with van der Waals surface area (Å²) in [6, 6.07) is 7.91. The lowest BCUT2D eigenvalue weighted by Crippen LogP contribution is -2.31. The van der Waals surface area contributed by atoms with E-state index in [2.05, 4.69) is 30.9 Å². The zero-order valence-electron chi connectivity index (χ0n) is 15.7. The van der Waals surface area contributed by atoms with Gasteiger partial charge in [0.1, 0.15) is 34.7 Å². The molecule has 0 bridgehead atoms. The molecule has 0 unspecified atom stereocenters. The van der Waals surface area contributed by atoms with Crippen LogP contribution in [0.25, 0.3) is 0 Å². The number of nitrogens with two attached hydrogens (primary N) is 1. The lowest BCUT2D eigenvalue weighted by Gasteiger charge is -2.14. The Morgan fingerprint density at radius 3 is 2.59 bits per heavy atom. The molecule has 1 amide bonds. The Morgan fingerprint density at radius 2 is 1.90 bits per heavy atom. The van der Waals surface area contributed by atoms with Gasteiger partial charge in [-0.05, 0) is 38.1 Å². The fraction of sp³-hybridized carbons (Fsp3) is 0.158. The molecule has 0 saturated carbocycles. The van der Waals surface area contributed by atoms with Crippen LogP contribution in [0.2, 0.25) is 0 Å². The van der Waals surface area contributed by atoms with E-state index in [0.29, 0.717) is 5.82 Å². The van der Waals surface area contributed by atoms with Gasteiger partial charge in [-0.25, -0.2) is 18.7 Å². The SMILES string of the molecule is CC(C)NC(=O)c1cnc(Nc2ccc(F)cc2F)nc1Nc1cccc(N)n1. The maximum Gasteiger partial charge on any atom is 0.256 e. The van der Waals surface area contributed by atoms with Crippen LogP contribution in [-0.4, -0.2) is 26.9 Å². The standard InChI is InChI=1S/C19H19F2N7O/c1-10(2)24-18(29)12-9-23-19(25-14-7-6-11(20)8-13(14)21)28-17(12)27-16-5-3-4-15(22)26-16/h3-10H,1-2H3,(H,24,29)(H4,22,23,25,26,27,28). The second kappa shape index (κ2) is 8.46. The molecule has 3 aromatic rings. The van der Waals surface area contributed by atoms with Gasteiger partial charge in [0.2, 0.25) is 5.95 Å². The van der Waals surface area contributed by atoms with Crippen LogP contribution < -0.4 is 21.7 Å². The first kappa shape index (κ1) is 19.9. The van der Waals surface area contributed by atoms with Gasteiger partial charge in [-0.15, -0.1) is 0 Å². The summed E-state index contributed by atoms with van der Waals surface area (Å²) in [5, 5.41) is 8.34. The van der Waals surface area contributed by atoms with Crippen LogP contribution in [0.1, 0.15) is 24.2 Å². The number of pyridine rings is 1. The van der Waals surface area contributed by atoms with E-state index in [1.54, 1.807) is 18.2 Å². The average Bonchev–Trinajstić information content (AvgIpc) is 2.63. The monoisotopic (exact) mass is 399 g/mol. The molecule has 0 aliphatic carbocycles. The Morgan fingerprint density at radius 1 is 1.10 bits per heavy atom. The summed E-state index contributed by atoms with van der Waals surface area (Å²) < 4.78 is 27.0. The number of amides is 1. The first-order valence-corrected chi connectivity index (χ1v) is 8.71. The van der Waals surface area contributed by atoms with E-state index in [4.69, 9.17) is 5.73 Å². The number of aromatic nitrogens is 3. The van der Waals surface area contributed by atoms with Gasteiger partial charge < -0.3 is 21.7 Å². The van der Waals surface area contributed by atoms with Crippen molar-refractivity contribution < 1.29 is 13.6 Å². The maximum absolute atomic E-state index is 13.9. The van der Waals surface area contributed by atoms with E-state index in [1.165, 1.54) is 12.3 Å². The summed E-state index contributed by atoms with van der Waals surface area (Å²) in [5.74, 6) is -1.12. The average molecular weight is 399 g/mol. The number of benzene rings is 1. The first-order chi connectivity index (χ1) is 13.8. The molecule has 0 atom stereocenters. The third-order valence-corrected chi connectivity index (χ3v) is 3.65. The van der Waals surface area contributed by atoms with Gasteiger partial charge in [-0.2, -0.15) is 4.98 Å². The zero-order valence-corrected chi connectivity index (χ0v) is 15.7. The number of anilines is 5. The van der Waals surface area contributed by atoms with Crippen LogP contribution in [0.3, 0.4) is 0 Å². The number of carbonyl (C=O) groups excluding carboxylic acids is 1. The minimum absolute atomic E-state index is 0.00279. The summed E-state index contributed by atoms with van der Waals surface area (Å²) in [5.41, 5.74) is 5.83. The molecule has 29 heavy (non-hydrogen) atoms. The quantitative estimate of drug-likeness (QED) is 0.502. The number of carbonyl (C=O) groups is 1. The minimum atomic E-state index is -0.803. The lowest BCUT2D eigenvalue weighted by molar-refractivity contribution is 0.0943. The van der Waals surface area contributed by atoms with Gasteiger partial charge >= 0.3 is 0 Å². The molecule has 5 N–H and O–H groups in total. The van der Waals surface area contributed by atoms with E-state index in [-0.39, 0.29) is 34.9 Å². The summed E-state index contributed by atoms with van der Waals surface area (Å²) >= 11 is 0. The second-order valence-corrected chi connectivity index (χ2v) is 6.41. The molecule has 150 valence electrons. The minimum Gasteiger partial charge on any atom is -0.384 e. The molecule has 1 aromatic carbocycles. The molecule has 2 heterocycles. The van der Waals surface area contributed by atoms with Crippen molar-refractivity contribution in [3.8, 4) is 0 Å². The molecule has 0 saturated heterocycles. The van der Waals surface area contributed by atoms with Crippen LogP contribution in [0.5, 0.6) is 0 Å². The molecular weight excluding hydrogens is 380 g/mol. The third kappa shape index (κ3) is 5.12. The van der Waals surface area contributed by atoms with E-state index in [1.807, 2.05) is 13.8 Å². The fourth-order valence-electron chi connectivity index (χ4n) is 2.40. The van der Waals surface area contributed by atoms with Crippen LogP contribution in [-0.2, 0) is 0 Å². The topological polar surface area (TPSA) is 118 Å². The fourth-order valence-corrected chi connectivity index (χ4v) is 2.40. The largest absolute Gasteiger partial charge is 0.384 e. The number of hydrogen-bond acceptors (Lipinski definition) is 7. The van der Waals surface area contributed by atoms with E-state index < -0.39 is 17.5 Å². The highest BCUT2D eigenvalue weighted by molar-refractivity contribution is 5.99. The first-order valence-electron chi connectivity index (χ1n) is 8.71. The van der Waals surface area contributed by atoms with Crippen molar-refractivity contribution in [1.29, 1.82) is 0 Å². The molecule has 10 heteroatoms. The van der Waals surface area contributed by atoms with Crippen LogP contribution in [0.4, 0.5) is 37.9 Å². The molecule has 8 nitrogen and oxygen atoms in total. The van der Waals surface area contributed by atoms with Crippen molar-refractivity contribution in [1.82, 2.24) is 20.3 Å². The van der Waals surface area contributed by atoms with Gasteiger partial charge in [0.05, 0.1) is 5.69 Å². The van der Waals surface area contributed by atoms with Crippen molar-refractivity contribution >= 4 is 35.0 Å². The van der Waals surface area contributed by atoms with Gasteiger partial charge in [0.15, 0.2) is 0 Å². The molecule has 0 fully saturated rings. The van der Waals surface area contributed by atoms with Crippen LogP contribution in [0, 0.1) is 11.6 Å². The number of rotatable bonds is 6. The van der Waals surface area contributed by atoms with E-state index in [9.17, 15) is 13.6 Å². The smallest absolute Gasteiger partial charge is 0.256 e. The molecule has 0 aliphatic heterocycles. The van der Waals surface area contributed by atoms with Crippen molar-refractivity contribution in [2.45, 2.75) is 19.9 Å². The predicted octanol–water partition coefficient (Wildman–Crippen LogP) is 3.36. The highest BCUT2D eigenvalue weighted by atomic mass is 19.1.